The number of hydrogen-bond acceptors (Lipinski definition) is 4. The fraction of sp³-hybridized carbons (Fsp3) is 0.931. The van der Waals surface area contributed by atoms with Gasteiger partial charge in [-0.3, -0.25) is 9.59 Å². The van der Waals surface area contributed by atoms with Gasteiger partial charge in [0.05, 0.1) is 0 Å². The van der Waals surface area contributed by atoms with Crippen molar-refractivity contribution in [2.24, 2.45) is 46.3 Å². The summed E-state index contributed by atoms with van der Waals surface area (Å²) in [7, 11) is 0. The van der Waals surface area contributed by atoms with Gasteiger partial charge >= 0.3 is 5.97 Å². The molecule has 4 nitrogen and oxygen atoms in total. The first-order chi connectivity index (χ1) is 15.4. The predicted octanol–water partition coefficient (Wildman–Crippen LogP) is 6.33. The van der Waals surface area contributed by atoms with Gasteiger partial charge in [-0.15, -0.1) is 0 Å². The van der Waals surface area contributed by atoms with Crippen molar-refractivity contribution in [1.82, 2.24) is 0 Å². The number of Topliss-reactive ketones (excluding diaryl/α,β-unsaturated/α-hetero) is 1. The molecule has 0 aromatic carbocycles. The van der Waals surface area contributed by atoms with E-state index in [4.69, 9.17) is 4.74 Å². The number of ether oxygens (including phenoxy) is 1. The van der Waals surface area contributed by atoms with Gasteiger partial charge in [-0.25, -0.2) is 0 Å². The highest BCUT2D eigenvalue weighted by Gasteiger charge is 2.68. The van der Waals surface area contributed by atoms with Crippen molar-refractivity contribution in [1.29, 1.82) is 0 Å². The van der Waals surface area contributed by atoms with E-state index >= 15 is 0 Å². The van der Waals surface area contributed by atoms with Crippen molar-refractivity contribution in [2.75, 3.05) is 0 Å². The van der Waals surface area contributed by atoms with Gasteiger partial charge in [-0.2, -0.15) is 0 Å². The molecule has 0 bridgehead atoms. The summed E-state index contributed by atoms with van der Waals surface area (Å²) in [5.74, 6) is 3.59. The molecule has 0 amide bonds. The predicted molar refractivity (Wildman–Crippen MR) is 130 cm³/mol. The van der Waals surface area contributed by atoms with Gasteiger partial charge in [0.1, 0.15) is 17.5 Å². The Labute approximate surface area is 201 Å². The van der Waals surface area contributed by atoms with Crippen LogP contribution in [0.2, 0.25) is 0 Å². The molecule has 0 aromatic rings. The lowest BCUT2D eigenvalue weighted by Crippen LogP contribution is -2.69. The molecule has 4 aliphatic rings. The van der Waals surface area contributed by atoms with Crippen LogP contribution in [-0.4, -0.2) is 28.6 Å². The van der Waals surface area contributed by atoms with E-state index < -0.39 is 11.7 Å². The smallest absolute Gasteiger partial charge is 0.303 e. The standard InChI is InChI=1S/C29H48O4/c1-18(2)8-7-9-19(3)23-10-11-24-22-16-26(33-20(4)30)29(32)17-21(31)12-15-28(29,6)25(22)13-14-27(23,24)5/h18-19,22-26,32H,7-17H2,1-6H3/t19-,22+,23-,24+,25+,26-,27-,28-,29+/m1/s1. The fourth-order valence-corrected chi connectivity index (χ4v) is 9.41. The van der Waals surface area contributed by atoms with Gasteiger partial charge in [0.15, 0.2) is 0 Å². The largest absolute Gasteiger partial charge is 0.459 e. The second-order valence-electron chi connectivity index (χ2n) is 13.3. The van der Waals surface area contributed by atoms with Gasteiger partial charge in [-0.1, -0.05) is 53.9 Å². The molecule has 0 saturated heterocycles. The number of rotatable bonds is 6. The van der Waals surface area contributed by atoms with Crippen LogP contribution in [0, 0.1) is 46.3 Å². The van der Waals surface area contributed by atoms with Crippen LogP contribution in [0.5, 0.6) is 0 Å². The highest BCUT2D eigenvalue weighted by molar-refractivity contribution is 5.81. The van der Waals surface area contributed by atoms with Gasteiger partial charge < -0.3 is 9.84 Å². The first kappa shape index (κ1) is 25.2. The second-order valence-corrected chi connectivity index (χ2v) is 13.3. The van der Waals surface area contributed by atoms with Crippen molar-refractivity contribution in [3.8, 4) is 0 Å². The van der Waals surface area contributed by atoms with E-state index in [1.54, 1.807) is 0 Å². The van der Waals surface area contributed by atoms with Crippen LogP contribution in [0.1, 0.15) is 112 Å². The minimum atomic E-state index is -1.22. The molecule has 188 valence electrons. The highest BCUT2D eigenvalue weighted by atomic mass is 16.6. The average molecular weight is 461 g/mol. The van der Waals surface area contributed by atoms with Crippen molar-refractivity contribution < 1.29 is 19.4 Å². The van der Waals surface area contributed by atoms with Crippen molar-refractivity contribution in [3.63, 3.8) is 0 Å². The zero-order chi connectivity index (χ0) is 24.2. The Morgan fingerprint density at radius 2 is 1.82 bits per heavy atom. The Balaban J connectivity index is 1.59. The number of esters is 1. The van der Waals surface area contributed by atoms with E-state index in [9.17, 15) is 14.7 Å². The van der Waals surface area contributed by atoms with Crippen molar-refractivity contribution in [3.05, 3.63) is 0 Å². The maximum atomic E-state index is 12.4. The third-order valence-corrected chi connectivity index (χ3v) is 11.2. The topological polar surface area (TPSA) is 63.6 Å². The number of fused-ring (bicyclic) bond motifs is 5. The molecule has 1 N–H and O–H groups in total. The van der Waals surface area contributed by atoms with Gasteiger partial charge in [0, 0.05) is 25.2 Å². The summed E-state index contributed by atoms with van der Waals surface area (Å²) in [6, 6.07) is 0. The highest BCUT2D eigenvalue weighted by Crippen LogP contribution is 2.69. The second kappa shape index (κ2) is 8.95. The lowest BCUT2D eigenvalue weighted by atomic mass is 9.42. The molecule has 0 radical (unpaired) electrons. The number of carbonyl (C=O) groups is 2. The molecular formula is C29H48O4. The van der Waals surface area contributed by atoms with Crippen LogP contribution in [-0.2, 0) is 14.3 Å². The minimum absolute atomic E-state index is 0.113. The summed E-state index contributed by atoms with van der Waals surface area (Å²) in [4.78, 5) is 24.5. The molecule has 4 fully saturated rings. The molecule has 0 spiro atoms. The van der Waals surface area contributed by atoms with E-state index in [1.165, 1.54) is 45.4 Å². The van der Waals surface area contributed by atoms with E-state index in [0.717, 1.165) is 37.0 Å². The fourth-order valence-electron chi connectivity index (χ4n) is 9.41. The SMILES string of the molecule is CC(=O)O[C@@H]1C[C@H]2[C@@H]3CC[C@H]([C@H](C)CCCC(C)C)[C@@]3(C)CC[C@@H]2[C@@]2(C)CCC(=O)C[C@]12O. The first-order valence-corrected chi connectivity index (χ1v) is 13.8. The summed E-state index contributed by atoms with van der Waals surface area (Å²) in [6.07, 6.45) is 10.5. The Hall–Kier alpha value is -0.900. The van der Waals surface area contributed by atoms with Crippen LogP contribution in [0.25, 0.3) is 0 Å². The molecule has 4 heteroatoms. The number of hydrogen-bond donors (Lipinski definition) is 1. The van der Waals surface area contributed by atoms with Gasteiger partial charge in [0.2, 0.25) is 0 Å². The van der Waals surface area contributed by atoms with Crippen LogP contribution < -0.4 is 0 Å². The molecular weight excluding hydrogens is 412 g/mol. The molecule has 9 atom stereocenters. The van der Waals surface area contributed by atoms with E-state index in [-0.39, 0.29) is 23.6 Å². The Bertz CT molecular complexity index is 761. The zero-order valence-electron chi connectivity index (χ0n) is 22.0. The average Bonchev–Trinajstić information content (AvgIpc) is 3.07. The summed E-state index contributed by atoms with van der Waals surface area (Å²) in [5.41, 5.74) is -1.23. The number of ketones is 1. The maximum Gasteiger partial charge on any atom is 0.303 e. The van der Waals surface area contributed by atoms with E-state index in [0.29, 0.717) is 29.6 Å². The summed E-state index contributed by atoms with van der Waals surface area (Å²) in [5, 5.41) is 12.0. The summed E-state index contributed by atoms with van der Waals surface area (Å²) < 4.78 is 5.82. The molecule has 4 aliphatic carbocycles. The van der Waals surface area contributed by atoms with Crippen LogP contribution in [0.15, 0.2) is 0 Å². The van der Waals surface area contributed by atoms with Gasteiger partial charge in [0.25, 0.3) is 0 Å². The van der Waals surface area contributed by atoms with Gasteiger partial charge in [-0.05, 0) is 79.4 Å². The van der Waals surface area contributed by atoms with Crippen LogP contribution >= 0.6 is 0 Å². The molecule has 4 saturated carbocycles. The third kappa shape index (κ3) is 4.10. The quantitative estimate of drug-likeness (QED) is 0.470. The molecule has 0 unspecified atom stereocenters. The monoisotopic (exact) mass is 460 g/mol. The Morgan fingerprint density at radius 3 is 2.48 bits per heavy atom. The molecule has 4 rings (SSSR count). The maximum absolute atomic E-state index is 12.4. The Kier molecular flexibility index (Phi) is 6.84. The molecule has 0 aromatic heterocycles. The van der Waals surface area contributed by atoms with E-state index in [2.05, 4.69) is 34.6 Å². The summed E-state index contributed by atoms with van der Waals surface area (Å²) >= 11 is 0. The molecule has 0 heterocycles. The number of carbonyl (C=O) groups excluding carboxylic acids is 2. The van der Waals surface area contributed by atoms with Crippen molar-refractivity contribution in [2.45, 2.75) is 124 Å². The third-order valence-electron chi connectivity index (χ3n) is 11.2. The van der Waals surface area contributed by atoms with Crippen molar-refractivity contribution >= 4 is 11.8 Å². The van der Waals surface area contributed by atoms with E-state index in [1.807, 2.05) is 0 Å². The summed E-state index contributed by atoms with van der Waals surface area (Å²) in [6.45, 7) is 13.3. The lowest BCUT2D eigenvalue weighted by Gasteiger charge is -2.65. The van der Waals surface area contributed by atoms with Crippen LogP contribution in [0.3, 0.4) is 0 Å². The lowest BCUT2D eigenvalue weighted by molar-refractivity contribution is -0.255. The van der Waals surface area contributed by atoms with Crippen LogP contribution in [0.4, 0.5) is 0 Å². The first-order valence-electron chi connectivity index (χ1n) is 13.8. The number of aliphatic hydroxyl groups is 1. The molecule has 33 heavy (non-hydrogen) atoms. The normalized spacial score (nSPS) is 45.8. The molecule has 0 aliphatic heterocycles. The minimum Gasteiger partial charge on any atom is -0.459 e. The zero-order valence-corrected chi connectivity index (χ0v) is 22.0. The Morgan fingerprint density at radius 1 is 1.09 bits per heavy atom.